The molecule has 94 valence electrons. The normalized spacial score (nSPS) is 10.8. The van der Waals surface area contributed by atoms with Gasteiger partial charge in [0.25, 0.3) is 0 Å². The number of hydrogen-bond acceptors (Lipinski definition) is 4. The van der Waals surface area contributed by atoms with E-state index in [2.05, 4.69) is 35.2 Å². The second kappa shape index (κ2) is 4.48. The highest BCUT2D eigenvalue weighted by atomic mass is 32.1. The molecule has 4 nitrogen and oxygen atoms in total. The Labute approximate surface area is 115 Å². The highest BCUT2D eigenvalue weighted by Crippen LogP contribution is 2.26. The zero-order valence-electron chi connectivity index (χ0n) is 10.7. The number of fused-ring (bicyclic) bond motifs is 1. The number of aromatic nitrogens is 3. The van der Waals surface area contributed by atoms with Crippen molar-refractivity contribution in [2.24, 2.45) is 0 Å². The first-order valence-corrected chi connectivity index (χ1v) is 6.90. The molecule has 0 amide bonds. The average molecular weight is 268 g/mol. The SMILES string of the molecule is CCc1ccc(-c2nc3sc(C)nn3c2C#N)cc1. The monoisotopic (exact) mass is 268 g/mol. The first-order valence-electron chi connectivity index (χ1n) is 6.08. The standard InChI is InChI=1S/C14H12N4S/c1-3-10-4-6-11(7-5-10)13-12(8-15)18-14(16-13)19-9(2)17-18/h4-7H,3H2,1-2H3. The Kier molecular flexibility index (Phi) is 2.80. The smallest absolute Gasteiger partial charge is 0.213 e. The van der Waals surface area contributed by atoms with Crippen LogP contribution in [0.15, 0.2) is 24.3 Å². The van der Waals surface area contributed by atoms with Crippen molar-refractivity contribution in [2.45, 2.75) is 20.3 Å². The van der Waals surface area contributed by atoms with Crippen molar-refractivity contribution in [2.75, 3.05) is 0 Å². The molecule has 0 fully saturated rings. The van der Waals surface area contributed by atoms with E-state index in [0.29, 0.717) is 11.4 Å². The molecule has 0 atom stereocenters. The summed E-state index contributed by atoms with van der Waals surface area (Å²) in [5, 5.41) is 14.6. The number of nitriles is 1. The lowest BCUT2D eigenvalue weighted by atomic mass is 10.1. The Morgan fingerprint density at radius 1 is 1.32 bits per heavy atom. The number of benzene rings is 1. The zero-order chi connectivity index (χ0) is 13.4. The van der Waals surface area contributed by atoms with E-state index in [1.54, 1.807) is 4.52 Å². The van der Waals surface area contributed by atoms with Crippen LogP contribution in [-0.4, -0.2) is 14.6 Å². The van der Waals surface area contributed by atoms with E-state index in [1.807, 2.05) is 19.1 Å². The van der Waals surface area contributed by atoms with Crippen LogP contribution < -0.4 is 0 Å². The van der Waals surface area contributed by atoms with Gasteiger partial charge in [-0.05, 0) is 18.9 Å². The fraction of sp³-hybridized carbons (Fsp3) is 0.214. The second-order valence-electron chi connectivity index (χ2n) is 4.29. The van der Waals surface area contributed by atoms with Crippen molar-refractivity contribution in [1.82, 2.24) is 14.6 Å². The van der Waals surface area contributed by atoms with Gasteiger partial charge in [-0.3, -0.25) is 0 Å². The summed E-state index contributed by atoms with van der Waals surface area (Å²) in [5.41, 5.74) is 3.45. The molecule has 0 spiro atoms. The molecule has 0 saturated carbocycles. The Morgan fingerprint density at radius 3 is 2.68 bits per heavy atom. The van der Waals surface area contributed by atoms with Crippen molar-refractivity contribution in [1.29, 1.82) is 5.26 Å². The van der Waals surface area contributed by atoms with Gasteiger partial charge in [-0.15, -0.1) is 0 Å². The predicted molar refractivity (Wildman–Crippen MR) is 75.1 cm³/mol. The molecule has 0 saturated heterocycles. The number of nitrogens with zero attached hydrogens (tertiary/aromatic N) is 4. The van der Waals surface area contributed by atoms with Crippen LogP contribution in [0.3, 0.4) is 0 Å². The summed E-state index contributed by atoms with van der Waals surface area (Å²) in [6.07, 6.45) is 1.00. The van der Waals surface area contributed by atoms with E-state index in [9.17, 15) is 5.26 Å². The quantitative estimate of drug-likeness (QED) is 0.717. The van der Waals surface area contributed by atoms with Crippen LogP contribution in [-0.2, 0) is 6.42 Å². The number of imidazole rings is 1. The lowest BCUT2D eigenvalue weighted by Crippen LogP contribution is -1.91. The first kappa shape index (κ1) is 11.9. The highest BCUT2D eigenvalue weighted by Gasteiger charge is 2.16. The summed E-state index contributed by atoms with van der Waals surface area (Å²) in [4.78, 5) is 5.29. The molecule has 1 aromatic carbocycles. The minimum atomic E-state index is 0.503. The van der Waals surface area contributed by atoms with E-state index in [1.165, 1.54) is 16.9 Å². The Morgan fingerprint density at radius 2 is 2.05 bits per heavy atom. The van der Waals surface area contributed by atoms with Crippen molar-refractivity contribution in [3.05, 3.63) is 40.5 Å². The average Bonchev–Trinajstić information content (AvgIpc) is 2.94. The lowest BCUT2D eigenvalue weighted by molar-refractivity contribution is 0.931. The molecular weight excluding hydrogens is 256 g/mol. The maximum Gasteiger partial charge on any atom is 0.213 e. The molecule has 19 heavy (non-hydrogen) atoms. The summed E-state index contributed by atoms with van der Waals surface area (Å²) in [7, 11) is 0. The topological polar surface area (TPSA) is 54.0 Å². The number of aryl methyl sites for hydroxylation is 2. The molecule has 2 aromatic heterocycles. The van der Waals surface area contributed by atoms with E-state index >= 15 is 0 Å². The summed E-state index contributed by atoms with van der Waals surface area (Å²) in [5.74, 6) is 0. The zero-order valence-corrected chi connectivity index (χ0v) is 11.5. The molecule has 0 bridgehead atoms. The molecule has 5 heteroatoms. The highest BCUT2D eigenvalue weighted by molar-refractivity contribution is 7.16. The van der Waals surface area contributed by atoms with Gasteiger partial charge in [-0.1, -0.05) is 42.5 Å². The van der Waals surface area contributed by atoms with Crippen LogP contribution in [0.4, 0.5) is 0 Å². The van der Waals surface area contributed by atoms with Gasteiger partial charge in [-0.2, -0.15) is 14.9 Å². The van der Waals surface area contributed by atoms with E-state index in [0.717, 1.165) is 22.0 Å². The lowest BCUT2D eigenvalue weighted by Gasteiger charge is -2.00. The summed E-state index contributed by atoms with van der Waals surface area (Å²) >= 11 is 1.49. The number of rotatable bonds is 2. The third-order valence-electron chi connectivity index (χ3n) is 3.05. The molecule has 0 aliphatic rings. The molecule has 0 unspecified atom stereocenters. The molecule has 0 aliphatic heterocycles. The Balaban J connectivity index is 2.18. The molecule has 3 aromatic rings. The van der Waals surface area contributed by atoms with Crippen LogP contribution in [0.5, 0.6) is 0 Å². The maximum atomic E-state index is 9.33. The molecule has 0 radical (unpaired) electrons. The van der Waals surface area contributed by atoms with Gasteiger partial charge in [0, 0.05) is 5.56 Å². The predicted octanol–water partition coefficient (Wildman–Crippen LogP) is 3.20. The fourth-order valence-corrected chi connectivity index (χ4v) is 2.79. The van der Waals surface area contributed by atoms with Crippen LogP contribution in [0.25, 0.3) is 16.2 Å². The van der Waals surface area contributed by atoms with Gasteiger partial charge >= 0.3 is 0 Å². The van der Waals surface area contributed by atoms with Gasteiger partial charge in [-0.25, -0.2) is 4.98 Å². The van der Waals surface area contributed by atoms with Crippen molar-refractivity contribution in [3.8, 4) is 17.3 Å². The molecular formula is C14H12N4S. The van der Waals surface area contributed by atoms with Gasteiger partial charge < -0.3 is 0 Å². The summed E-state index contributed by atoms with van der Waals surface area (Å²) in [6, 6.07) is 10.4. The van der Waals surface area contributed by atoms with Crippen LogP contribution in [0, 0.1) is 18.3 Å². The summed E-state index contributed by atoms with van der Waals surface area (Å²) in [6.45, 7) is 4.03. The molecule has 0 N–H and O–H groups in total. The summed E-state index contributed by atoms with van der Waals surface area (Å²) < 4.78 is 1.63. The largest absolute Gasteiger partial charge is 0.216 e. The van der Waals surface area contributed by atoms with Gasteiger partial charge in [0.05, 0.1) is 0 Å². The van der Waals surface area contributed by atoms with Gasteiger partial charge in [0.15, 0.2) is 5.69 Å². The van der Waals surface area contributed by atoms with Gasteiger partial charge in [0.1, 0.15) is 16.8 Å². The van der Waals surface area contributed by atoms with E-state index in [-0.39, 0.29) is 0 Å². The molecule has 0 aliphatic carbocycles. The van der Waals surface area contributed by atoms with Crippen LogP contribution in [0.1, 0.15) is 23.2 Å². The van der Waals surface area contributed by atoms with Crippen molar-refractivity contribution in [3.63, 3.8) is 0 Å². The Bertz CT molecular complexity index is 774. The third kappa shape index (κ3) is 1.90. The molecule has 2 heterocycles. The minimum Gasteiger partial charge on any atom is -0.216 e. The second-order valence-corrected chi connectivity index (χ2v) is 5.45. The van der Waals surface area contributed by atoms with Crippen molar-refractivity contribution >= 4 is 16.3 Å². The number of hydrogen-bond donors (Lipinski definition) is 0. The van der Waals surface area contributed by atoms with Crippen molar-refractivity contribution < 1.29 is 0 Å². The van der Waals surface area contributed by atoms with E-state index < -0.39 is 0 Å². The minimum absolute atomic E-state index is 0.503. The first-order chi connectivity index (χ1) is 9.22. The maximum absolute atomic E-state index is 9.33. The van der Waals surface area contributed by atoms with E-state index in [4.69, 9.17) is 0 Å². The van der Waals surface area contributed by atoms with Crippen LogP contribution in [0.2, 0.25) is 0 Å². The third-order valence-corrected chi connectivity index (χ3v) is 3.87. The van der Waals surface area contributed by atoms with Gasteiger partial charge in [0.2, 0.25) is 4.96 Å². The molecule has 3 rings (SSSR count). The fourth-order valence-electron chi connectivity index (χ4n) is 2.04. The Hall–Kier alpha value is -2.19. The van der Waals surface area contributed by atoms with Crippen LogP contribution >= 0.6 is 11.3 Å².